The Morgan fingerprint density at radius 1 is 1.32 bits per heavy atom. The van der Waals surface area contributed by atoms with Crippen molar-refractivity contribution in [1.29, 1.82) is 0 Å². The van der Waals surface area contributed by atoms with Crippen molar-refractivity contribution in [2.75, 3.05) is 7.11 Å². The van der Waals surface area contributed by atoms with Crippen LogP contribution in [0.25, 0.3) is 0 Å². The molecule has 0 aliphatic carbocycles. The normalized spacial score (nSPS) is 15.9. The zero-order chi connectivity index (χ0) is 17.4. The molecule has 0 aliphatic heterocycles. The van der Waals surface area contributed by atoms with Gasteiger partial charge in [0, 0.05) is 13.5 Å². The number of hydrogen-bond donors (Lipinski definition) is 4. The Labute approximate surface area is 129 Å². The molecule has 0 spiro atoms. The van der Waals surface area contributed by atoms with E-state index in [0.29, 0.717) is 0 Å². The lowest BCUT2D eigenvalue weighted by Crippen LogP contribution is -2.47. The van der Waals surface area contributed by atoms with Gasteiger partial charge < -0.3 is 20.9 Å². The number of carbonyl (C=O) groups is 2. The van der Waals surface area contributed by atoms with E-state index in [0.717, 1.165) is 6.34 Å². The van der Waals surface area contributed by atoms with E-state index in [-0.39, 0.29) is 6.42 Å². The molecule has 0 heterocycles. The number of primary amides is 1. The third-order valence-corrected chi connectivity index (χ3v) is 2.33. The minimum absolute atomic E-state index is 0.0270. The maximum Gasteiger partial charge on any atom is 0.428 e. The summed E-state index contributed by atoms with van der Waals surface area (Å²) in [5.41, 5.74) is 14.5. The summed E-state index contributed by atoms with van der Waals surface area (Å²) in [6.45, 7) is 6.73. The van der Waals surface area contributed by atoms with Crippen LogP contribution in [0.15, 0.2) is 5.10 Å². The summed E-state index contributed by atoms with van der Waals surface area (Å²) in [4.78, 5) is 27.4. The van der Waals surface area contributed by atoms with E-state index in [9.17, 15) is 9.59 Å². The molecule has 22 heavy (non-hydrogen) atoms. The fourth-order valence-electron chi connectivity index (χ4n) is 1.23. The van der Waals surface area contributed by atoms with Crippen LogP contribution in [0.4, 0.5) is 4.79 Å². The van der Waals surface area contributed by atoms with Crippen LogP contribution in [0.3, 0.4) is 0 Å². The van der Waals surface area contributed by atoms with Crippen LogP contribution in [-0.4, -0.2) is 42.9 Å². The van der Waals surface area contributed by atoms with Gasteiger partial charge >= 0.3 is 6.09 Å². The lowest BCUT2D eigenvalue weighted by Gasteiger charge is -2.28. The van der Waals surface area contributed by atoms with Crippen LogP contribution in [0.2, 0.25) is 0 Å². The van der Waals surface area contributed by atoms with Gasteiger partial charge in [0.05, 0.1) is 6.04 Å². The van der Waals surface area contributed by atoms with Gasteiger partial charge in [0.15, 0.2) is 5.79 Å². The molecule has 10 nitrogen and oxygen atoms in total. The molecular weight excluding hydrogens is 294 g/mol. The highest BCUT2D eigenvalue weighted by Gasteiger charge is 2.30. The first-order valence-corrected chi connectivity index (χ1v) is 6.53. The average molecular weight is 319 g/mol. The molecule has 0 fully saturated rings. The highest BCUT2D eigenvalue weighted by molar-refractivity contribution is 5.79. The van der Waals surface area contributed by atoms with Gasteiger partial charge in [0.2, 0.25) is 5.91 Å². The second-order valence-electron chi connectivity index (χ2n) is 5.64. The number of nitrogens with two attached hydrogens (primary N) is 2. The van der Waals surface area contributed by atoms with Crippen LogP contribution >= 0.6 is 0 Å². The number of amides is 2. The summed E-state index contributed by atoms with van der Waals surface area (Å²) in [7, 11) is 1.38. The highest BCUT2D eigenvalue weighted by atomic mass is 16.8. The average Bonchev–Trinajstić information content (AvgIpc) is 2.36. The predicted molar refractivity (Wildman–Crippen MR) is 79.3 cm³/mol. The molecule has 0 aliphatic rings. The van der Waals surface area contributed by atoms with Crippen molar-refractivity contribution in [1.82, 2.24) is 10.9 Å². The molecule has 0 aromatic heterocycles. The van der Waals surface area contributed by atoms with Gasteiger partial charge in [0.1, 0.15) is 11.9 Å². The molecule has 0 saturated heterocycles. The van der Waals surface area contributed by atoms with Crippen molar-refractivity contribution < 1.29 is 23.9 Å². The Morgan fingerprint density at radius 3 is 2.36 bits per heavy atom. The van der Waals surface area contributed by atoms with Crippen LogP contribution in [-0.2, 0) is 19.1 Å². The summed E-state index contributed by atoms with van der Waals surface area (Å²) in [6, 6.07) is -0.927. The van der Waals surface area contributed by atoms with Crippen LogP contribution in [0.1, 0.15) is 34.1 Å². The van der Waals surface area contributed by atoms with Crippen molar-refractivity contribution in [3.8, 4) is 0 Å². The number of methoxy groups -OCH3 is 1. The number of hydrazone groups is 1. The third-order valence-electron chi connectivity index (χ3n) is 2.33. The van der Waals surface area contributed by atoms with Crippen molar-refractivity contribution in [3.63, 3.8) is 0 Å². The third kappa shape index (κ3) is 9.10. The topological polar surface area (TPSA) is 150 Å². The van der Waals surface area contributed by atoms with E-state index < -0.39 is 29.4 Å². The zero-order valence-electron chi connectivity index (χ0n) is 13.5. The Hall–Kier alpha value is -1.91. The number of carbonyl (C=O) groups excluding carboxylic acids is 2. The molecule has 0 aromatic rings. The second-order valence-corrected chi connectivity index (χ2v) is 5.64. The van der Waals surface area contributed by atoms with Gasteiger partial charge in [-0.1, -0.05) is 0 Å². The first-order valence-electron chi connectivity index (χ1n) is 6.53. The monoisotopic (exact) mass is 319 g/mol. The predicted octanol–water partition coefficient (Wildman–Crippen LogP) is -0.459. The van der Waals surface area contributed by atoms with Gasteiger partial charge in [-0.25, -0.2) is 15.1 Å². The number of rotatable bonds is 8. The lowest BCUT2D eigenvalue weighted by atomic mass is 10.1. The summed E-state index contributed by atoms with van der Waals surface area (Å²) >= 11 is 0. The molecule has 2 amide bonds. The molecule has 10 heteroatoms. The summed E-state index contributed by atoms with van der Waals surface area (Å²) in [6.07, 6.45) is 0.381. The first-order chi connectivity index (χ1) is 9.99. The quantitative estimate of drug-likeness (QED) is 0.204. The van der Waals surface area contributed by atoms with E-state index in [4.69, 9.17) is 25.8 Å². The van der Waals surface area contributed by atoms with Gasteiger partial charge in [0.25, 0.3) is 0 Å². The van der Waals surface area contributed by atoms with Crippen molar-refractivity contribution in [2.45, 2.75) is 51.5 Å². The molecule has 128 valence electrons. The van der Waals surface area contributed by atoms with Crippen LogP contribution < -0.4 is 22.4 Å². The van der Waals surface area contributed by atoms with Crippen molar-refractivity contribution in [2.24, 2.45) is 16.6 Å². The van der Waals surface area contributed by atoms with E-state index in [1.54, 1.807) is 27.7 Å². The van der Waals surface area contributed by atoms with Gasteiger partial charge in [-0.05, 0) is 27.7 Å². The van der Waals surface area contributed by atoms with Gasteiger partial charge in [-0.15, -0.1) is 0 Å². The fourth-order valence-corrected chi connectivity index (χ4v) is 1.23. The van der Waals surface area contributed by atoms with E-state index >= 15 is 0 Å². The molecular formula is C12H25N5O5. The van der Waals surface area contributed by atoms with E-state index in [1.165, 1.54) is 7.11 Å². The number of hydroxylamine groups is 1. The Balaban J connectivity index is 4.22. The van der Waals surface area contributed by atoms with Crippen molar-refractivity contribution in [3.05, 3.63) is 0 Å². The first kappa shape index (κ1) is 20.1. The molecule has 0 aromatic carbocycles. The van der Waals surface area contributed by atoms with E-state index in [1.807, 2.05) is 0 Å². The maximum atomic E-state index is 11.3. The number of hydrogen-bond acceptors (Lipinski definition) is 7. The molecule has 0 rings (SSSR count). The summed E-state index contributed by atoms with van der Waals surface area (Å²) in [5.74, 6) is -1.88. The smallest absolute Gasteiger partial charge is 0.428 e. The maximum absolute atomic E-state index is 11.3. The Bertz CT molecular complexity index is 409. The number of ether oxygens (including phenoxy) is 2. The summed E-state index contributed by atoms with van der Waals surface area (Å²) in [5, 5.41) is 3.54. The van der Waals surface area contributed by atoms with Crippen LogP contribution in [0.5, 0.6) is 0 Å². The molecule has 6 N–H and O–H groups in total. The lowest BCUT2D eigenvalue weighted by molar-refractivity contribution is -0.235. The standard InChI is InChI=1S/C12H25N5O5/c1-11(2,3)21-10(19)17-15-7-16-22-12(4,20-5)6-8(13)9(14)18/h7-8H,6,13H2,1-5H3,(H2,14,18)(H,15,16)(H,17,19). The molecule has 2 atom stereocenters. The molecule has 0 saturated carbocycles. The van der Waals surface area contributed by atoms with Gasteiger partial charge in [-0.3, -0.25) is 10.3 Å². The molecule has 0 bridgehead atoms. The van der Waals surface area contributed by atoms with Crippen molar-refractivity contribution >= 4 is 18.3 Å². The molecule has 0 radical (unpaired) electrons. The SMILES string of the molecule is COC(C)(CC(N)C(N)=O)ONC=NNC(=O)OC(C)(C)C. The van der Waals surface area contributed by atoms with E-state index in [2.05, 4.69) is 16.0 Å². The summed E-state index contributed by atoms with van der Waals surface area (Å²) < 4.78 is 10.1. The zero-order valence-corrected chi connectivity index (χ0v) is 13.5. The minimum atomic E-state index is -1.20. The van der Waals surface area contributed by atoms with Crippen LogP contribution in [0, 0.1) is 0 Å². The number of nitrogens with one attached hydrogen (secondary N) is 2. The molecule has 2 unspecified atom stereocenters. The minimum Gasteiger partial charge on any atom is -0.443 e. The Kier molecular flexibility index (Phi) is 7.77. The fraction of sp³-hybridized carbons (Fsp3) is 0.750. The van der Waals surface area contributed by atoms with Gasteiger partial charge in [-0.2, -0.15) is 5.10 Å². The second kappa shape index (κ2) is 8.51. The Morgan fingerprint density at radius 2 is 1.91 bits per heavy atom. The highest BCUT2D eigenvalue weighted by Crippen LogP contribution is 2.16. The number of nitrogens with zero attached hydrogens (tertiary/aromatic N) is 1. The largest absolute Gasteiger partial charge is 0.443 e.